The first kappa shape index (κ1) is 9.71. The van der Waals surface area contributed by atoms with E-state index in [4.69, 9.17) is 16.7 Å². The molecule has 0 spiro atoms. The van der Waals surface area contributed by atoms with E-state index in [0.717, 1.165) is 16.4 Å². The lowest BCUT2D eigenvalue weighted by Crippen LogP contribution is -1.90. The molecule has 2 heterocycles. The highest BCUT2D eigenvalue weighted by atomic mass is 35.5. The molecule has 0 aromatic carbocycles. The molecule has 2 aromatic heterocycles. The predicted molar refractivity (Wildman–Crippen MR) is 57.7 cm³/mol. The third kappa shape index (κ3) is 1.82. The first-order chi connectivity index (χ1) is 6.81. The number of aliphatic hydroxyl groups is 1. The van der Waals surface area contributed by atoms with Gasteiger partial charge in [0.05, 0.1) is 10.6 Å². The molecule has 0 aliphatic carbocycles. The van der Waals surface area contributed by atoms with Gasteiger partial charge in [-0.15, -0.1) is 11.3 Å². The first-order valence-electron chi connectivity index (χ1n) is 4.20. The number of H-pyrrole nitrogens is 1. The molecule has 0 atom stereocenters. The highest BCUT2D eigenvalue weighted by Gasteiger charge is 2.09. The lowest BCUT2D eigenvalue weighted by atomic mass is 10.3. The van der Waals surface area contributed by atoms with Gasteiger partial charge >= 0.3 is 0 Å². The summed E-state index contributed by atoms with van der Waals surface area (Å²) in [5.74, 6) is 0.772. The zero-order chi connectivity index (χ0) is 9.97. The normalized spacial score (nSPS) is 10.7. The minimum Gasteiger partial charge on any atom is -0.396 e. The molecule has 3 nitrogen and oxygen atoms in total. The van der Waals surface area contributed by atoms with Crippen LogP contribution in [0.4, 0.5) is 0 Å². The summed E-state index contributed by atoms with van der Waals surface area (Å²) >= 11 is 7.49. The molecule has 0 saturated heterocycles. The fourth-order valence-corrected chi connectivity index (χ4v) is 2.09. The summed E-state index contributed by atoms with van der Waals surface area (Å²) in [4.78, 5) is 8.32. The fourth-order valence-electron chi connectivity index (χ4n) is 1.20. The summed E-state index contributed by atoms with van der Waals surface area (Å²) in [7, 11) is 0. The molecule has 0 aliphatic heterocycles. The largest absolute Gasteiger partial charge is 0.396 e. The lowest BCUT2D eigenvalue weighted by molar-refractivity contribution is 0.298. The van der Waals surface area contributed by atoms with Crippen LogP contribution in [-0.4, -0.2) is 21.7 Å². The molecule has 5 heteroatoms. The van der Waals surface area contributed by atoms with E-state index in [0.29, 0.717) is 11.6 Å². The highest BCUT2D eigenvalue weighted by molar-refractivity contribution is 7.13. The maximum atomic E-state index is 8.78. The summed E-state index contributed by atoms with van der Waals surface area (Å²) in [6, 6.07) is 3.94. The number of aromatic nitrogens is 2. The van der Waals surface area contributed by atoms with Gasteiger partial charge in [-0.2, -0.15) is 0 Å². The van der Waals surface area contributed by atoms with Gasteiger partial charge < -0.3 is 10.1 Å². The van der Waals surface area contributed by atoms with Crippen molar-refractivity contribution < 1.29 is 5.11 Å². The Morgan fingerprint density at radius 1 is 1.57 bits per heavy atom. The topological polar surface area (TPSA) is 48.9 Å². The van der Waals surface area contributed by atoms with Crippen LogP contribution in [0.1, 0.15) is 5.69 Å². The maximum Gasteiger partial charge on any atom is 0.150 e. The van der Waals surface area contributed by atoms with Crippen molar-refractivity contribution in [3.8, 4) is 10.7 Å². The fraction of sp³-hybridized carbons (Fsp3) is 0.222. The SMILES string of the molecule is OCCc1[nH]c(-c2cccs2)nc1Cl. The smallest absolute Gasteiger partial charge is 0.150 e. The van der Waals surface area contributed by atoms with E-state index in [-0.39, 0.29) is 6.61 Å². The summed E-state index contributed by atoms with van der Waals surface area (Å²) in [6.45, 7) is 0.0752. The average molecular weight is 229 g/mol. The van der Waals surface area contributed by atoms with Crippen molar-refractivity contribution in [1.82, 2.24) is 9.97 Å². The van der Waals surface area contributed by atoms with Crippen molar-refractivity contribution in [3.63, 3.8) is 0 Å². The van der Waals surface area contributed by atoms with Gasteiger partial charge in [0.25, 0.3) is 0 Å². The molecule has 0 fully saturated rings. The minimum absolute atomic E-state index is 0.0752. The zero-order valence-corrected chi connectivity index (χ0v) is 8.90. The van der Waals surface area contributed by atoms with E-state index >= 15 is 0 Å². The van der Waals surface area contributed by atoms with E-state index in [1.165, 1.54) is 0 Å². The summed E-state index contributed by atoms with van der Waals surface area (Å²) in [5.41, 5.74) is 0.789. The second-order valence-corrected chi connectivity index (χ2v) is 4.11. The third-order valence-corrected chi connectivity index (χ3v) is 3.03. The summed E-state index contributed by atoms with van der Waals surface area (Å²) in [6.07, 6.45) is 0.511. The van der Waals surface area contributed by atoms with Gasteiger partial charge in [0, 0.05) is 13.0 Å². The number of aromatic amines is 1. The summed E-state index contributed by atoms with van der Waals surface area (Å²) < 4.78 is 0. The molecule has 2 aromatic rings. The van der Waals surface area contributed by atoms with E-state index in [9.17, 15) is 0 Å². The van der Waals surface area contributed by atoms with Crippen molar-refractivity contribution in [1.29, 1.82) is 0 Å². The van der Waals surface area contributed by atoms with Crippen LogP contribution in [0.3, 0.4) is 0 Å². The molecule has 74 valence electrons. The predicted octanol–water partition coefficient (Wildman–Crippen LogP) is 2.33. The Balaban J connectivity index is 2.33. The van der Waals surface area contributed by atoms with Crippen molar-refractivity contribution in [2.75, 3.05) is 6.61 Å². The Bertz CT molecular complexity index is 410. The number of aliphatic hydroxyl groups excluding tert-OH is 1. The van der Waals surface area contributed by atoms with E-state index in [1.807, 2.05) is 17.5 Å². The molecule has 0 bridgehead atoms. The number of hydrogen-bond acceptors (Lipinski definition) is 3. The van der Waals surface area contributed by atoms with Crippen LogP contribution < -0.4 is 0 Å². The minimum atomic E-state index is 0.0752. The Morgan fingerprint density at radius 3 is 3.07 bits per heavy atom. The van der Waals surface area contributed by atoms with Crippen molar-refractivity contribution in [2.24, 2.45) is 0 Å². The molecule has 0 saturated carbocycles. The second-order valence-electron chi connectivity index (χ2n) is 2.81. The molecule has 2 N–H and O–H groups in total. The van der Waals surface area contributed by atoms with Crippen LogP contribution in [0.5, 0.6) is 0 Å². The third-order valence-electron chi connectivity index (χ3n) is 1.84. The number of rotatable bonds is 3. The molecular formula is C9H9ClN2OS. The molecule has 0 amide bonds. The van der Waals surface area contributed by atoms with Gasteiger partial charge in [-0.1, -0.05) is 17.7 Å². The molecule has 14 heavy (non-hydrogen) atoms. The number of imidazole rings is 1. The van der Waals surface area contributed by atoms with Crippen LogP contribution in [0.15, 0.2) is 17.5 Å². The van der Waals surface area contributed by atoms with Gasteiger partial charge in [-0.3, -0.25) is 0 Å². The number of nitrogens with one attached hydrogen (secondary N) is 1. The molecular weight excluding hydrogens is 220 g/mol. The first-order valence-corrected chi connectivity index (χ1v) is 5.46. The van der Waals surface area contributed by atoms with Gasteiger partial charge in [0.2, 0.25) is 0 Å². The molecule has 0 aliphatic rings. The van der Waals surface area contributed by atoms with E-state index in [1.54, 1.807) is 11.3 Å². The van der Waals surface area contributed by atoms with Gasteiger partial charge in [-0.05, 0) is 11.4 Å². The maximum absolute atomic E-state index is 8.78. The van der Waals surface area contributed by atoms with E-state index in [2.05, 4.69) is 9.97 Å². The molecule has 0 unspecified atom stereocenters. The standard InChI is InChI=1S/C9H9ClN2OS/c10-8-6(3-4-13)11-9(12-8)7-2-1-5-14-7/h1-2,5,13H,3-4H2,(H,11,12). The van der Waals surface area contributed by atoms with Crippen molar-refractivity contribution in [3.05, 3.63) is 28.4 Å². The Labute approximate surface area is 90.4 Å². The zero-order valence-electron chi connectivity index (χ0n) is 7.33. The van der Waals surface area contributed by atoms with Gasteiger partial charge in [-0.25, -0.2) is 4.98 Å². The lowest BCUT2D eigenvalue weighted by Gasteiger charge is -1.91. The van der Waals surface area contributed by atoms with E-state index < -0.39 is 0 Å². The monoisotopic (exact) mass is 228 g/mol. The Morgan fingerprint density at radius 2 is 2.43 bits per heavy atom. The number of hydrogen-bond donors (Lipinski definition) is 2. The molecule has 0 radical (unpaired) electrons. The Kier molecular flexibility index (Phi) is 2.86. The van der Waals surface area contributed by atoms with Gasteiger partial charge in [0.1, 0.15) is 5.82 Å². The summed E-state index contributed by atoms with van der Waals surface area (Å²) in [5, 5.41) is 11.2. The average Bonchev–Trinajstić information content (AvgIpc) is 2.76. The number of halogens is 1. The quantitative estimate of drug-likeness (QED) is 0.847. The van der Waals surface area contributed by atoms with Crippen molar-refractivity contribution in [2.45, 2.75) is 6.42 Å². The van der Waals surface area contributed by atoms with Crippen LogP contribution >= 0.6 is 22.9 Å². The van der Waals surface area contributed by atoms with Gasteiger partial charge in [0.15, 0.2) is 5.15 Å². The van der Waals surface area contributed by atoms with Crippen molar-refractivity contribution >= 4 is 22.9 Å². The molecule has 2 rings (SSSR count). The van der Waals surface area contributed by atoms with Crippen LogP contribution in [0.25, 0.3) is 10.7 Å². The highest BCUT2D eigenvalue weighted by Crippen LogP contribution is 2.25. The number of nitrogens with zero attached hydrogens (tertiary/aromatic N) is 1. The van der Waals surface area contributed by atoms with Crippen LogP contribution in [-0.2, 0) is 6.42 Å². The number of thiophene rings is 1. The van der Waals surface area contributed by atoms with Crippen LogP contribution in [0.2, 0.25) is 5.15 Å². The Hall–Kier alpha value is -0.840. The second kappa shape index (κ2) is 4.13. The van der Waals surface area contributed by atoms with Crippen LogP contribution in [0, 0.1) is 0 Å².